The van der Waals surface area contributed by atoms with Gasteiger partial charge in [-0.15, -0.1) is 12.4 Å². The monoisotopic (exact) mass is 339 g/mol. The summed E-state index contributed by atoms with van der Waals surface area (Å²) in [6, 6.07) is 5.53. The average molecular weight is 340 g/mol. The van der Waals surface area contributed by atoms with Crippen LogP contribution < -0.4 is 10.6 Å². The van der Waals surface area contributed by atoms with Crippen molar-refractivity contribution >= 4 is 29.9 Å². The van der Waals surface area contributed by atoms with Crippen LogP contribution >= 0.6 is 12.4 Å². The summed E-state index contributed by atoms with van der Waals surface area (Å²) in [4.78, 5) is 26.4. The minimum Gasteiger partial charge on any atom is -0.339 e. The highest BCUT2D eigenvalue weighted by atomic mass is 35.5. The highest BCUT2D eigenvalue weighted by Crippen LogP contribution is 2.22. The first kappa shape index (κ1) is 19.5. The normalized spacial score (nSPS) is 13.6. The van der Waals surface area contributed by atoms with Crippen molar-refractivity contribution in [3.05, 3.63) is 29.3 Å². The second kappa shape index (κ2) is 9.53. The van der Waals surface area contributed by atoms with Gasteiger partial charge in [0.1, 0.15) is 0 Å². The van der Waals surface area contributed by atoms with E-state index in [-0.39, 0.29) is 24.2 Å². The highest BCUT2D eigenvalue weighted by molar-refractivity contribution is 5.99. The molecule has 0 saturated carbocycles. The van der Waals surface area contributed by atoms with Crippen LogP contribution in [0.5, 0.6) is 0 Å². The van der Waals surface area contributed by atoms with Crippen LogP contribution in [0, 0.1) is 6.92 Å². The molecular weight excluding hydrogens is 314 g/mol. The van der Waals surface area contributed by atoms with Crippen LogP contribution in [-0.4, -0.2) is 43.4 Å². The van der Waals surface area contributed by atoms with Gasteiger partial charge >= 0.3 is 0 Å². The lowest BCUT2D eigenvalue weighted by molar-refractivity contribution is -0.116. The summed E-state index contributed by atoms with van der Waals surface area (Å²) >= 11 is 0. The van der Waals surface area contributed by atoms with E-state index in [1.807, 2.05) is 37.1 Å². The molecule has 1 fully saturated rings. The molecular formula is C17H26ClN3O2. The Bertz CT molecular complexity index is 543. The van der Waals surface area contributed by atoms with Crippen LogP contribution in [0.4, 0.5) is 5.69 Å². The van der Waals surface area contributed by atoms with Crippen molar-refractivity contribution in [2.75, 3.05) is 32.0 Å². The molecule has 5 nitrogen and oxygen atoms in total. The number of carbonyl (C=O) groups is 2. The van der Waals surface area contributed by atoms with E-state index in [0.29, 0.717) is 12.0 Å². The zero-order chi connectivity index (χ0) is 15.9. The van der Waals surface area contributed by atoms with Crippen molar-refractivity contribution in [1.82, 2.24) is 10.2 Å². The summed E-state index contributed by atoms with van der Waals surface area (Å²) in [5.41, 5.74) is 2.27. The topological polar surface area (TPSA) is 61.4 Å². The van der Waals surface area contributed by atoms with E-state index in [0.717, 1.165) is 50.1 Å². The molecule has 2 amide bonds. The van der Waals surface area contributed by atoms with E-state index >= 15 is 0 Å². The van der Waals surface area contributed by atoms with Gasteiger partial charge < -0.3 is 15.5 Å². The highest BCUT2D eigenvalue weighted by Gasteiger charge is 2.21. The number of nitrogens with zero attached hydrogens (tertiary/aromatic N) is 1. The van der Waals surface area contributed by atoms with Crippen LogP contribution in [0.2, 0.25) is 0 Å². The second-order valence-corrected chi connectivity index (χ2v) is 5.73. The lowest BCUT2D eigenvalue weighted by Gasteiger charge is -2.18. The number of amides is 2. The maximum Gasteiger partial charge on any atom is 0.254 e. The zero-order valence-corrected chi connectivity index (χ0v) is 14.7. The van der Waals surface area contributed by atoms with Crippen LogP contribution in [0.1, 0.15) is 41.6 Å². The van der Waals surface area contributed by atoms with Gasteiger partial charge in [-0.1, -0.05) is 6.07 Å². The summed E-state index contributed by atoms with van der Waals surface area (Å²) in [6.45, 7) is 4.38. The molecule has 0 aliphatic carbocycles. The van der Waals surface area contributed by atoms with Gasteiger partial charge in [0.25, 0.3) is 5.91 Å². The van der Waals surface area contributed by atoms with Gasteiger partial charge in [-0.2, -0.15) is 0 Å². The number of nitrogens with one attached hydrogen (secondary N) is 2. The van der Waals surface area contributed by atoms with Crippen molar-refractivity contribution < 1.29 is 9.59 Å². The molecule has 6 heteroatoms. The van der Waals surface area contributed by atoms with Crippen LogP contribution in [-0.2, 0) is 4.79 Å². The molecule has 0 spiro atoms. The minimum atomic E-state index is -0.0101. The Morgan fingerprint density at radius 1 is 1.22 bits per heavy atom. The maximum absolute atomic E-state index is 12.5. The Morgan fingerprint density at radius 3 is 2.57 bits per heavy atom. The van der Waals surface area contributed by atoms with Crippen molar-refractivity contribution in [3.8, 4) is 0 Å². The number of carbonyl (C=O) groups excluding carboxylic acids is 2. The Balaban J connectivity index is 0.00000264. The lowest BCUT2D eigenvalue weighted by atomic mass is 10.1. The summed E-state index contributed by atoms with van der Waals surface area (Å²) in [5.74, 6) is 0.0606. The molecule has 128 valence electrons. The van der Waals surface area contributed by atoms with Crippen molar-refractivity contribution in [3.63, 3.8) is 0 Å². The fourth-order valence-electron chi connectivity index (χ4n) is 2.73. The molecule has 2 rings (SSSR count). The largest absolute Gasteiger partial charge is 0.339 e. The van der Waals surface area contributed by atoms with Gasteiger partial charge in [-0.25, -0.2) is 0 Å². The Kier molecular flexibility index (Phi) is 8.06. The molecule has 1 aliphatic heterocycles. The first-order chi connectivity index (χ1) is 10.6. The second-order valence-electron chi connectivity index (χ2n) is 5.73. The van der Waals surface area contributed by atoms with Gasteiger partial charge in [0.05, 0.1) is 0 Å². The Hall–Kier alpha value is -1.59. The molecule has 1 aliphatic rings. The fraction of sp³-hybridized carbons (Fsp3) is 0.529. The SMILES string of the molecule is CNCCCC(=O)Nc1cccc(C(=O)N2CCCC2)c1C.Cl. The van der Waals surface area contributed by atoms with Gasteiger partial charge in [0.2, 0.25) is 5.91 Å². The molecule has 0 radical (unpaired) electrons. The van der Waals surface area contributed by atoms with E-state index in [9.17, 15) is 9.59 Å². The van der Waals surface area contributed by atoms with Crippen LogP contribution in [0.3, 0.4) is 0 Å². The molecule has 0 bridgehead atoms. The minimum absolute atomic E-state index is 0. The number of hydrogen-bond acceptors (Lipinski definition) is 3. The van der Waals surface area contributed by atoms with E-state index < -0.39 is 0 Å². The van der Waals surface area contributed by atoms with Crippen molar-refractivity contribution in [2.45, 2.75) is 32.6 Å². The summed E-state index contributed by atoms with van der Waals surface area (Å²) in [7, 11) is 1.87. The van der Waals surface area contributed by atoms with Crippen LogP contribution in [0.15, 0.2) is 18.2 Å². The number of halogens is 1. The molecule has 1 aromatic carbocycles. The van der Waals surface area contributed by atoms with Gasteiger partial charge in [-0.05, 0) is 57.5 Å². The summed E-state index contributed by atoms with van der Waals surface area (Å²) in [6.07, 6.45) is 3.43. The molecule has 0 unspecified atom stereocenters. The molecule has 2 N–H and O–H groups in total. The summed E-state index contributed by atoms with van der Waals surface area (Å²) < 4.78 is 0. The number of rotatable bonds is 6. The molecule has 23 heavy (non-hydrogen) atoms. The van der Waals surface area contributed by atoms with E-state index in [1.54, 1.807) is 0 Å². The Labute approximate surface area is 144 Å². The van der Waals surface area contributed by atoms with E-state index in [2.05, 4.69) is 10.6 Å². The number of likely N-dealkylation sites (tertiary alicyclic amines) is 1. The molecule has 1 saturated heterocycles. The number of hydrogen-bond donors (Lipinski definition) is 2. The van der Waals surface area contributed by atoms with E-state index in [4.69, 9.17) is 0 Å². The van der Waals surface area contributed by atoms with Gasteiger partial charge in [0, 0.05) is 30.8 Å². The van der Waals surface area contributed by atoms with Gasteiger partial charge in [-0.3, -0.25) is 9.59 Å². The Morgan fingerprint density at radius 2 is 1.91 bits per heavy atom. The average Bonchev–Trinajstić information content (AvgIpc) is 3.03. The van der Waals surface area contributed by atoms with Crippen molar-refractivity contribution in [1.29, 1.82) is 0 Å². The predicted octanol–water partition coefficient (Wildman–Crippen LogP) is 2.59. The first-order valence-electron chi connectivity index (χ1n) is 7.97. The quantitative estimate of drug-likeness (QED) is 0.783. The zero-order valence-electron chi connectivity index (χ0n) is 13.9. The van der Waals surface area contributed by atoms with Crippen molar-refractivity contribution in [2.24, 2.45) is 0 Å². The maximum atomic E-state index is 12.5. The molecule has 0 aromatic heterocycles. The first-order valence-corrected chi connectivity index (χ1v) is 7.97. The standard InChI is InChI=1S/C17H25N3O2.ClH/c1-13-14(17(22)20-11-3-4-12-20)7-5-8-15(13)19-16(21)9-6-10-18-2;/h5,7-8,18H,3-4,6,9-12H2,1-2H3,(H,19,21);1H. The van der Waals surface area contributed by atoms with Gasteiger partial charge in [0.15, 0.2) is 0 Å². The third kappa shape index (κ3) is 5.22. The smallest absolute Gasteiger partial charge is 0.254 e. The lowest BCUT2D eigenvalue weighted by Crippen LogP contribution is -2.28. The summed E-state index contributed by atoms with van der Waals surface area (Å²) in [5, 5.41) is 5.94. The fourth-order valence-corrected chi connectivity index (χ4v) is 2.73. The third-order valence-electron chi connectivity index (χ3n) is 4.06. The number of anilines is 1. The van der Waals surface area contributed by atoms with Crippen LogP contribution in [0.25, 0.3) is 0 Å². The van der Waals surface area contributed by atoms with E-state index in [1.165, 1.54) is 0 Å². The third-order valence-corrected chi connectivity index (χ3v) is 4.06. The predicted molar refractivity (Wildman–Crippen MR) is 95.4 cm³/mol. The molecule has 1 aromatic rings. The number of benzene rings is 1. The molecule has 0 atom stereocenters. The molecule has 1 heterocycles.